The van der Waals surface area contributed by atoms with Gasteiger partial charge in [0.15, 0.2) is 0 Å². The van der Waals surface area contributed by atoms with Crippen molar-refractivity contribution in [3.63, 3.8) is 0 Å². The van der Waals surface area contributed by atoms with E-state index in [-0.39, 0.29) is 18.2 Å². The first-order valence-corrected chi connectivity index (χ1v) is 8.09. The third-order valence-electron chi connectivity index (χ3n) is 3.53. The molecule has 2 amide bonds. The van der Waals surface area contributed by atoms with Crippen molar-refractivity contribution >= 4 is 23.3 Å². The van der Waals surface area contributed by atoms with Crippen molar-refractivity contribution in [1.82, 2.24) is 10.2 Å². The van der Waals surface area contributed by atoms with Gasteiger partial charge >= 0.3 is 6.03 Å². The van der Waals surface area contributed by atoms with E-state index < -0.39 is 0 Å². The van der Waals surface area contributed by atoms with Gasteiger partial charge in [0.2, 0.25) is 0 Å². The van der Waals surface area contributed by atoms with Gasteiger partial charge in [0.1, 0.15) is 0 Å². The Morgan fingerprint density at radius 1 is 1.27 bits per heavy atom. The van der Waals surface area contributed by atoms with Crippen LogP contribution in [0, 0.1) is 0 Å². The number of amides is 2. The van der Waals surface area contributed by atoms with Gasteiger partial charge in [-0.05, 0) is 44.5 Å². The molecular weight excluding hydrogens is 302 g/mol. The van der Waals surface area contributed by atoms with E-state index >= 15 is 0 Å². The summed E-state index contributed by atoms with van der Waals surface area (Å²) >= 11 is 5.80. The second-order valence-corrected chi connectivity index (χ2v) is 6.19. The number of carbonyl (C=O) groups excluding carboxylic acids is 1. The zero-order valence-corrected chi connectivity index (χ0v) is 13.9. The molecule has 1 aromatic carbocycles. The van der Waals surface area contributed by atoms with Gasteiger partial charge in [0.05, 0.1) is 12.2 Å². The number of hydrogen-bond acceptors (Lipinski definition) is 3. The average molecular weight is 326 g/mol. The Morgan fingerprint density at radius 2 is 1.91 bits per heavy atom. The predicted molar refractivity (Wildman–Crippen MR) is 89.5 cm³/mol. The molecule has 0 spiro atoms. The first-order valence-electron chi connectivity index (χ1n) is 7.71. The summed E-state index contributed by atoms with van der Waals surface area (Å²) in [6, 6.07) is 6.86. The molecule has 2 rings (SSSR count). The minimum absolute atomic E-state index is 0.189. The van der Waals surface area contributed by atoms with Gasteiger partial charge < -0.3 is 15.4 Å². The molecule has 2 atom stereocenters. The Balaban J connectivity index is 1.62. The molecule has 0 aliphatic carbocycles. The zero-order chi connectivity index (χ0) is 15.9. The SMILES string of the molecule is C[C@@H]1CN(CCCNC(=O)Nc2ccc(Cl)cc2)C[C@@H](C)O1. The molecule has 0 radical (unpaired) electrons. The van der Waals surface area contributed by atoms with E-state index in [0.29, 0.717) is 11.6 Å². The molecule has 1 fully saturated rings. The molecule has 0 aromatic heterocycles. The van der Waals surface area contributed by atoms with E-state index in [1.54, 1.807) is 24.3 Å². The highest BCUT2D eigenvalue weighted by Crippen LogP contribution is 2.13. The van der Waals surface area contributed by atoms with Crippen LogP contribution in [0.25, 0.3) is 0 Å². The van der Waals surface area contributed by atoms with Crippen LogP contribution in [0.1, 0.15) is 20.3 Å². The van der Waals surface area contributed by atoms with Crippen LogP contribution in [0.4, 0.5) is 10.5 Å². The highest BCUT2D eigenvalue weighted by Gasteiger charge is 2.21. The molecule has 1 heterocycles. The van der Waals surface area contributed by atoms with Crippen LogP contribution >= 0.6 is 11.6 Å². The number of rotatable bonds is 5. The van der Waals surface area contributed by atoms with Crippen LogP contribution in [0.3, 0.4) is 0 Å². The lowest BCUT2D eigenvalue weighted by Crippen LogP contribution is -2.46. The van der Waals surface area contributed by atoms with Crippen LogP contribution in [0.5, 0.6) is 0 Å². The van der Waals surface area contributed by atoms with Crippen molar-refractivity contribution in [2.24, 2.45) is 0 Å². The maximum Gasteiger partial charge on any atom is 0.319 e. The van der Waals surface area contributed by atoms with Crippen LogP contribution in [-0.2, 0) is 4.74 Å². The molecule has 2 N–H and O–H groups in total. The smallest absolute Gasteiger partial charge is 0.319 e. The number of hydrogen-bond donors (Lipinski definition) is 2. The first kappa shape index (κ1) is 17.1. The Kier molecular flexibility index (Phi) is 6.49. The normalized spacial score (nSPS) is 22.3. The molecule has 0 unspecified atom stereocenters. The van der Waals surface area contributed by atoms with E-state index in [0.717, 1.165) is 31.7 Å². The second kappa shape index (κ2) is 8.36. The van der Waals surface area contributed by atoms with E-state index in [2.05, 4.69) is 29.4 Å². The molecular formula is C16H24ClN3O2. The maximum absolute atomic E-state index is 11.8. The van der Waals surface area contributed by atoms with Gasteiger partial charge in [-0.3, -0.25) is 4.90 Å². The van der Waals surface area contributed by atoms with Crippen LogP contribution < -0.4 is 10.6 Å². The lowest BCUT2D eigenvalue weighted by molar-refractivity contribution is -0.0679. The quantitative estimate of drug-likeness (QED) is 0.818. The van der Waals surface area contributed by atoms with Gasteiger partial charge in [0.25, 0.3) is 0 Å². The Bertz CT molecular complexity index is 471. The number of carbonyl (C=O) groups is 1. The molecule has 0 saturated carbocycles. The largest absolute Gasteiger partial charge is 0.373 e. The van der Waals surface area contributed by atoms with Gasteiger partial charge in [-0.25, -0.2) is 4.79 Å². The molecule has 1 aliphatic heterocycles. The van der Waals surface area contributed by atoms with E-state index in [1.807, 2.05) is 0 Å². The van der Waals surface area contributed by atoms with Gasteiger partial charge in [-0.2, -0.15) is 0 Å². The van der Waals surface area contributed by atoms with Crippen molar-refractivity contribution < 1.29 is 9.53 Å². The Hall–Kier alpha value is -1.30. The maximum atomic E-state index is 11.8. The Morgan fingerprint density at radius 3 is 2.55 bits per heavy atom. The zero-order valence-electron chi connectivity index (χ0n) is 13.1. The average Bonchev–Trinajstić information content (AvgIpc) is 2.45. The summed E-state index contributed by atoms with van der Waals surface area (Å²) in [5.74, 6) is 0. The van der Waals surface area contributed by atoms with Crippen molar-refractivity contribution in [2.45, 2.75) is 32.5 Å². The minimum atomic E-state index is -0.189. The molecule has 1 saturated heterocycles. The summed E-state index contributed by atoms with van der Waals surface area (Å²) in [6.07, 6.45) is 1.49. The summed E-state index contributed by atoms with van der Waals surface area (Å²) < 4.78 is 5.70. The summed E-state index contributed by atoms with van der Waals surface area (Å²) in [5, 5.41) is 6.30. The molecule has 1 aromatic rings. The number of anilines is 1. The van der Waals surface area contributed by atoms with Crippen LogP contribution in [0.15, 0.2) is 24.3 Å². The molecule has 22 heavy (non-hydrogen) atoms. The minimum Gasteiger partial charge on any atom is -0.373 e. The monoisotopic (exact) mass is 325 g/mol. The summed E-state index contributed by atoms with van der Waals surface area (Å²) in [6.45, 7) is 7.74. The van der Waals surface area contributed by atoms with Gasteiger partial charge in [-0.1, -0.05) is 11.6 Å². The standard InChI is InChI=1S/C16H24ClN3O2/c1-12-10-20(11-13(2)22-12)9-3-8-18-16(21)19-15-6-4-14(17)5-7-15/h4-7,12-13H,3,8-11H2,1-2H3,(H2,18,19,21)/t12-,13-/m1/s1. The fourth-order valence-electron chi connectivity index (χ4n) is 2.68. The van der Waals surface area contributed by atoms with Crippen molar-refractivity contribution in [3.05, 3.63) is 29.3 Å². The Labute approximate surface area is 137 Å². The number of nitrogens with zero attached hydrogens (tertiary/aromatic N) is 1. The third kappa shape index (κ3) is 5.83. The summed E-state index contributed by atoms with van der Waals surface area (Å²) in [4.78, 5) is 14.2. The lowest BCUT2D eigenvalue weighted by atomic mass is 10.2. The van der Waals surface area contributed by atoms with Crippen LogP contribution in [-0.4, -0.2) is 49.3 Å². The predicted octanol–water partition coefficient (Wildman–Crippen LogP) is 2.96. The molecule has 5 nitrogen and oxygen atoms in total. The number of urea groups is 1. The topological polar surface area (TPSA) is 53.6 Å². The van der Waals surface area contributed by atoms with E-state index in [4.69, 9.17) is 16.3 Å². The molecule has 1 aliphatic rings. The van der Waals surface area contributed by atoms with Crippen molar-refractivity contribution in [3.8, 4) is 0 Å². The fourth-order valence-corrected chi connectivity index (χ4v) is 2.81. The third-order valence-corrected chi connectivity index (χ3v) is 3.79. The summed E-state index contributed by atoms with van der Waals surface area (Å²) in [5.41, 5.74) is 0.734. The lowest BCUT2D eigenvalue weighted by Gasteiger charge is -2.35. The number of nitrogens with one attached hydrogen (secondary N) is 2. The molecule has 0 bridgehead atoms. The fraction of sp³-hybridized carbons (Fsp3) is 0.562. The van der Waals surface area contributed by atoms with E-state index in [1.165, 1.54) is 0 Å². The number of benzene rings is 1. The van der Waals surface area contributed by atoms with E-state index in [9.17, 15) is 4.79 Å². The number of ether oxygens (including phenoxy) is 1. The number of halogens is 1. The summed E-state index contributed by atoms with van der Waals surface area (Å²) in [7, 11) is 0. The van der Waals surface area contributed by atoms with Crippen molar-refractivity contribution in [1.29, 1.82) is 0 Å². The highest BCUT2D eigenvalue weighted by atomic mass is 35.5. The van der Waals surface area contributed by atoms with Crippen molar-refractivity contribution in [2.75, 3.05) is 31.5 Å². The highest BCUT2D eigenvalue weighted by molar-refractivity contribution is 6.30. The van der Waals surface area contributed by atoms with Gasteiger partial charge in [0, 0.05) is 36.9 Å². The first-order chi connectivity index (χ1) is 10.5. The molecule has 6 heteroatoms. The molecule has 122 valence electrons. The van der Waals surface area contributed by atoms with Gasteiger partial charge in [-0.15, -0.1) is 0 Å². The van der Waals surface area contributed by atoms with Crippen LogP contribution in [0.2, 0.25) is 5.02 Å². The number of morpholine rings is 1. The second-order valence-electron chi connectivity index (χ2n) is 5.76.